The molecule has 0 aliphatic rings. The highest BCUT2D eigenvalue weighted by atomic mass is 32.2. The van der Waals surface area contributed by atoms with Gasteiger partial charge in [-0.05, 0) is 46.0 Å². The molecule has 0 fully saturated rings. The quantitative estimate of drug-likeness (QED) is 0.550. The molecule has 0 saturated carbocycles. The molecular weight excluding hydrogens is 386 g/mol. The molecule has 160 valence electrons. The summed E-state index contributed by atoms with van der Waals surface area (Å²) in [6, 6.07) is 7.60. The summed E-state index contributed by atoms with van der Waals surface area (Å²) in [5, 5.41) is 12.3. The summed E-state index contributed by atoms with van der Waals surface area (Å²) in [7, 11) is 5.71. The minimum atomic E-state index is -0.322. The predicted octanol–water partition coefficient (Wildman–Crippen LogP) is 4.22. The molecule has 0 unspecified atom stereocenters. The maximum absolute atomic E-state index is 12.8. The average Bonchev–Trinajstić information content (AvgIpc) is 3.09. The van der Waals surface area contributed by atoms with Gasteiger partial charge in [0.25, 0.3) is 0 Å². The SMILES string of the molecule is CCCCn1c(S[C@@H](C)C(=O)Nc2ccccc2OC)nnc1[C@H](CC)N(C)C. The molecule has 1 aromatic heterocycles. The van der Waals surface area contributed by atoms with Gasteiger partial charge in [-0.1, -0.05) is 44.2 Å². The summed E-state index contributed by atoms with van der Waals surface area (Å²) in [6.45, 7) is 7.06. The predicted molar refractivity (Wildman–Crippen MR) is 119 cm³/mol. The number of anilines is 1. The molecule has 2 aromatic rings. The van der Waals surface area contributed by atoms with Gasteiger partial charge in [0.2, 0.25) is 5.91 Å². The zero-order valence-corrected chi connectivity index (χ0v) is 19.1. The van der Waals surface area contributed by atoms with Crippen LogP contribution in [-0.2, 0) is 11.3 Å². The number of para-hydroxylation sites is 2. The molecule has 0 saturated heterocycles. The number of ether oxygens (including phenoxy) is 1. The Labute approximate surface area is 178 Å². The largest absolute Gasteiger partial charge is 0.495 e. The van der Waals surface area contributed by atoms with Gasteiger partial charge in [-0.15, -0.1) is 10.2 Å². The molecule has 1 amide bonds. The van der Waals surface area contributed by atoms with Gasteiger partial charge in [0.15, 0.2) is 11.0 Å². The number of unbranched alkanes of at least 4 members (excludes halogenated alkanes) is 1. The lowest BCUT2D eigenvalue weighted by molar-refractivity contribution is -0.115. The zero-order chi connectivity index (χ0) is 21.4. The van der Waals surface area contributed by atoms with Gasteiger partial charge in [0, 0.05) is 6.54 Å². The van der Waals surface area contributed by atoms with Crippen molar-refractivity contribution in [2.24, 2.45) is 0 Å². The Morgan fingerprint density at radius 2 is 2.00 bits per heavy atom. The molecule has 1 N–H and O–H groups in total. The number of aromatic nitrogens is 3. The smallest absolute Gasteiger partial charge is 0.237 e. The molecule has 0 aliphatic heterocycles. The lowest BCUT2D eigenvalue weighted by Gasteiger charge is -2.23. The van der Waals surface area contributed by atoms with Crippen LogP contribution in [0.5, 0.6) is 5.75 Å². The Morgan fingerprint density at radius 1 is 1.28 bits per heavy atom. The van der Waals surface area contributed by atoms with E-state index in [2.05, 4.69) is 52.9 Å². The monoisotopic (exact) mass is 419 g/mol. The van der Waals surface area contributed by atoms with Crippen molar-refractivity contribution in [1.29, 1.82) is 0 Å². The Hall–Kier alpha value is -2.06. The first-order valence-corrected chi connectivity index (χ1v) is 11.0. The molecule has 8 heteroatoms. The molecule has 2 atom stereocenters. The maximum atomic E-state index is 12.8. The van der Waals surface area contributed by atoms with Crippen molar-refractivity contribution in [2.45, 2.75) is 63.0 Å². The minimum Gasteiger partial charge on any atom is -0.495 e. The third-order valence-electron chi connectivity index (χ3n) is 4.81. The molecule has 0 radical (unpaired) electrons. The Bertz CT molecular complexity index is 793. The Kier molecular flexibility index (Phi) is 8.98. The standard InChI is InChI=1S/C21H33N5O2S/c1-7-9-14-26-19(17(8-2)25(4)5)23-24-21(26)29-15(3)20(27)22-16-12-10-11-13-18(16)28-6/h10-13,15,17H,7-9,14H2,1-6H3,(H,22,27)/t15-,17-/m0/s1. The van der Waals surface area contributed by atoms with Crippen LogP contribution in [0.2, 0.25) is 0 Å². The van der Waals surface area contributed by atoms with Gasteiger partial charge in [0.1, 0.15) is 5.75 Å². The second-order valence-electron chi connectivity index (χ2n) is 7.18. The first-order valence-electron chi connectivity index (χ1n) is 10.1. The van der Waals surface area contributed by atoms with Crippen LogP contribution >= 0.6 is 11.8 Å². The van der Waals surface area contributed by atoms with E-state index in [9.17, 15) is 4.79 Å². The van der Waals surface area contributed by atoms with Gasteiger partial charge in [-0.25, -0.2) is 0 Å². The number of nitrogens with zero attached hydrogens (tertiary/aromatic N) is 4. The van der Waals surface area contributed by atoms with Crippen molar-refractivity contribution in [3.63, 3.8) is 0 Å². The van der Waals surface area contributed by atoms with Crippen LogP contribution < -0.4 is 10.1 Å². The minimum absolute atomic E-state index is 0.0919. The van der Waals surface area contributed by atoms with Gasteiger partial charge in [0.05, 0.1) is 24.1 Å². The van der Waals surface area contributed by atoms with Crippen molar-refractivity contribution < 1.29 is 9.53 Å². The van der Waals surface area contributed by atoms with E-state index < -0.39 is 0 Å². The molecule has 0 bridgehead atoms. The van der Waals surface area contributed by atoms with Crippen molar-refractivity contribution in [3.05, 3.63) is 30.1 Å². The normalized spacial score (nSPS) is 13.3. The molecule has 0 spiro atoms. The number of amides is 1. The van der Waals surface area contributed by atoms with Crippen LogP contribution in [0.15, 0.2) is 29.4 Å². The van der Waals surface area contributed by atoms with Crippen LogP contribution in [0.1, 0.15) is 51.9 Å². The van der Waals surface area contributed by atoms with Crippen molar-refractivity contribution in [3.8, 4) is 5.75 Å². The van der Waals surface area contributed by atoms with Gasteiger partial charge in [-0.3, -0.25) is 9.69 Å². The number of nitrogens with one attached hydrogen (secondary N) is 1. The summed E-state index contributed by atoms with van der Waals surface area (Å²) in [4.78, 5) is 14.9. The van der Waals surface area contributed by atoms with E-state index in [1.165, 1.54) is 11.8 Å². The topological polar surface area (TPSA) is 72.3 Å². The molecule has 2 rings (SSSR count). The highest BCUT2D eigenvalue weighted by Crippen LogP contribution is 2.29. The highest BCUT2D eigenvalue weighted by molar-refractivity contribution is 8.00. The fourth-order valence-electron chi connectivity index (χ4n) is 3.13. The zero-order valence-electron chi connectivity index (χ0n) is 18.3. The fourth-order valence-corrected chi connectivity index (χ4v) is 4.01. The number of hydrogen-bond donors (Lipinski definition) is 1. The summed E-state index contributed by atoms with van der Waals surface area (Å²) in [5.74, 6) is 1.51. The van der Waals surface area contributed by atoms with Gasteiger partial charge in [-0.2, -0.15) is 0 Å². The third kappa shape index (κ3) is 5.96. The maximum Gasteiger partial charge on any atom is 0.237 e. The molecule has 1 heterocycles. The highest BCUT2D eigenvalue weighted by Gasteiger charge is 2.25. The van der Waals surface area contributed by atoms with E-state index in [1.807, 2.05) is 31.2 Å². The fraction of sp³-hybridized carbons (Fsp3) is 0.571. The first kappa shape index (κ1) is 23.2. The number of thioether (sulfide) groups is 1. The van der Waals surface area contributed by atoms with Crippen LogP contribution in [0.4, 0.5) is 5.69 Å². The van der Waals surface area contributed by atoms with Crippen LogP contribution in [-0.4, -0.2) is 52.0 Å². The molecule has 1 aromatic carbocycles. The molecule has 7 nitrogen and oxygen atoms in total. The van der Waals surface area contributed by atoms with Gasteiger partial charge < -0.3 is 14.6 Å². The number of benzene rings is 1. The van der Waals surface area contributed by atoms with E-state index in [-0.39, 0.29) is 17.2 Å². The number of methoxy groups -OCH3 is 1. The second kappa shape index (κ2) is 11.2. The summed E-state index contributed by atoms with van der Waals surface area (Å²) < 4.78 is 7.50. The van der Waals surface area contributed by atoms with E-state index in [1.54, 1.807) is 7.11 Å². The van der Waals surface area contributed by atoms with Crippen LogP contribution in [0.3, 0.4) is 0 Å². The van der Waals surface area contributed by atoms with E-state index in [4.69, 9.17) is 4.74 Å². The summed E-state index contributed by atoms with van der Waals surface area (Å²) in [6.07, 6.45) is 3.08. The summed E-state index contributed by atoms with van der Waals surface area (Å²) in [5.41, 5.74) is 0.666. The summed E-state index contributed by atoms with van der Waals surface area (Å²) >= 11 is 1.44. The molecule has 0 aliphatic carbocycles. The Morgan fingerprint density at radius 3 is 2.62 bits per heavy atom. The van der Waals surface area contributed by atoms with Crippen molar-refractivity contribution >= 4 is 23.4 Å². The number of carbonyl (C=O) groups excluding carboxylic acids is 1. The second-order valence-corrected chi connectivity index (χ2v) is 8.49. The van der Waals surface area contributed by atoms with E-state index in [0.717, 1.165) is 36.8 Å². The van der Waals surface area contributed by atoms with Crippen LogP contribution in [0, 0.1) is 0 Å². The number of carbonyl (C=O) groups is 1. The van der Waals surface area contributed by atoms with E-state index in [0.29, 0.717) is 11.4 Å². The van der Waals surface area contributed by atoms with Crippen LogP contribution in [0.25, 0.3) is 0 Å². The Balaban J connectivity index is 2.18. The van der Waals surface area contributed by atoms with Crippen molar-refractivity contribution in [1.82, 2.24) is 19.7 Å². The number of rotatable bonds is 11. The molecule has 29 heavy (non-hydrogen) atoms. The number of hydrogen-bond acceptors (Lipinski definition) is 6. The molecular formula is C21H33N5O2S. The van der Waals surface area contributed by atoms with Gasteiger partial charge >= 0.3 is 0 Å². The average molecular weight is 420 g/mol. The van der Waals surface area contributed by atoms with E-state index >= 15 is 0 Å². The third-order valence-corrected chi connectivity index (χ3v) is 5.89. The first-order chi connectivity index (χ1) is 13.9. The van der Waals surface area contributed by atoms with Crippen molar-refractivity contribution in [2.75, 3.05) is 26.5 Å². The lowest BCUT2D eigenvalue weighted by atomic mass is 10.2. The lowest BCUT2D eigenvalue weighted by Crippen LogP contribution is -2.24.